The van der Waals surface area contributed by atoms with Crippen LogP contribution in [0.5, 0.6) is 0 Å². The lowest BCUT2D eigenvalue weighted by Crippen LogP contribution is -2.21. The highest BCUT2D eigenvalue weighted by Crippen LogP contribution is 2.24. The van der Waals surface area contributed by atoms with E-state index in [4.69, 9.17) is 0 Å². The van der Waals surface area contributed by atoms with Gasteiger partial charge < -0.3 is 4.90 Å². The van der Waals surface area contributed by atoms with Crippen molar-refractivity contribution < 1.29 is 0 Å². The third kappa shape index (κ3) is 2.16. The number of nitrogens with zero attached hydrogens (tertiary/aromatic N) is 1. The largest absolute Gasteiger partial charge is 0.303 e. The maximum Gasteiger partial charge on any atom is 0.00672 e. The summed E-state index contributed by atoms with van der Waals surface area (Å²) in [7, 11) is 2.23. The molecule has 0 bridgehead atoms. The molecule has 1 heteroatoms. The number of likely N-dealkylation sites (tertiary alicyclic amines) is 1. The lowest BCUT2D eigenvalue weighted by molar-refractivity contribution is 0.325. The van der Waals surface area contributed by atoms with Gasteiger partial charge in [-0.05, 0) is 38.3 Å². The van der Waals surface area contributed by atoms with Gasteiger partial charge in [0.05, 0.1) is 0 Å². The second-order valence-corrected chi connectivity index (χ2v) is 4.58. The molecule has 1 unspecified atom stereocenters. The Kier molecular flexibility index (Phi) is 2.87. The van der Waals surface area contributed by atoms with Gasteiger partial charge in [0.2, 0.25) is 0 Å². The van der Waals surface area contributed by atoms with Crippen LogP contribution in [0.2, 0.25) is 0 Å². The van der Waals surface area contributed by atoms with Gasteiger partial charge in [0.1, 0.15) is 0 Å². The molecular weight excluding hydrogens is 170 g/mol. The average Bonchev–Trinajstić information content (AvgIpc) is 2.47. The predicted octanol–water partition coefficient (Wildman–Crippen LogP) is 2.57. The summed E-state index contributed by atoms with van der Waals surface area (Å²) in [5.74, 6) is 0.859. The van der Waals surface area contributed by atoms with Crippen LogP contribution in [0.4, 0.5) is 0 Å². The van der Waals surface area contributed by atoms with Gasteiger partial charge in [0, 0.05) is 12.6 Å². The SMILES string of the molecule is CC1C[C@H](Cc2ccccc2)CN1C. The summed E-state index contributed by atoms with van der Waals surface area (Å²) in [5, 5.41) is 0. The molecule has 0 spiro atoms. The molecule has 1 heterocycles. The fourth-order valence-electron chi connectivity index (χ4n) is 2.42. The van der Waals surface area contributed by atoms with Gasteiger partial charge >= 0.3 is 0 Å². The molecule has 1 aromatic carbocycles. The molecule has 1 aromatic rings. The van der Waals surface area contributed by atoms with Crippen LogP contribution in [-0.4, -0.2) is 24.5 Å². The first-order chi connectivity index (χ1) is 6.75. The molecule has 14 heavy (non-hydrogen) atoms. The molecule has 1 aliphatic heterocycles. The molecule has 2 rings (SSSR count). The Morgan fingerprint density at radius 3 is 2.57 bits per heavy atom. The van der Waals surface area contributed by atoms with Gasteiger partial charge in [-0.2, -0.15) is 0 Å². The molecule has 1 saturated heterocycles. The molecule has 1 aliphatic rings. The van der Waals surface area contributed by atoms with E-state index in [9.17, 15) is 0 Å². The third-order valence-electron chi connectivity index (χ3n) is 3.34. The smallest absolute Gasteiger partial charge is 0.00672 e. The van der Waals surface area contributed by atoms with Crippen molar-refractivity contribution >= 4 is 0 Å². The number of hydrogen-bond acceptors (Lipinski definition) is 1. The lowest BCUT2D eigenvalue weighted by atomic mass is 9.97. The van der Waals surface area contributed by atoms with Crippen molar-refractivity contribution in [2.75, 3.05) is 13.6 Å². The second-order valence-electron chi connectivity index (χ2n) is 4.58. The predicted molar refractivity (Wildman–Crippen MR) is 60.3 cm³/mol. The molecule has 2 atom stereocenters. The van der Waals surface area contributed by atoms with Crippen LogP contribution in [-0.2, 0) is 6.42 Å². The minimum atomic E-state index is 0.767. The fourth-order valence-corrected chi connectivity index (χ4v) is 2.42. The van der Waals surface area contributed by atoms with Crippen molar-refractivity contribution in [3.8, 4) is 0 Å². The second kappa shape index (κ2) is 4.14. The van der Waals surface area contributed by atoms with Crippen molar-refractivity contribution in [1.29, 1.82) is 0 Å². The van der Waals surface area contributed by atoms with E-state index < -0.39 is 0 Å². The van der Waals surface area contributed by atoms with Gasteiger partial charge in [-0.15, -0.1) is 0 Å². The standard InChI is InChI=1S/C13H19N/c1-11-8-13(10-14(11)2)9-12-6-4-3-5-7-12/h3-7,11,13H,8-10H2,1-2H3/t11?,13-/m1/s1. The Morgan fingerprint density at radius 1 is 1.29 bits per heavy atom. The van der Waals surface area contributed by atoms with Crippen molar-refractivity contribution in [2.45, 2.75) is 25.8 Å². The highest BCUT2D eigenvalue weighted by Gasteiger charge is 2.25. The molecule has 1 nitrogen and oxygen atoms in total. The van der Waals surface area contributed by atoms with Crippen molar-refractivity contribution in [2.24, 2.45) is 5.92 Å². The monoisotopic (exact) mass is 189 g/mol. The summed E-state index contributed by atoms with van der Waals surface area (Å²) in [5.41, 5.74) is 1.49. The normalized spacial score (nSPS) is 28.1. The minimum absolute atomic E-state index is 0.767. The minimum Gasteiger partial charge on any atom is -0.303 e. The molecule has 0 N–H and O–H groups in total. The Hall–Kier alpha value is -0.820. The quantitative estimate of drug-likeness (QED) is 0.691. The van der Waals surface area contributed by atoms with E-state index in [0.717, 1.165) is 12.0 Å². The molecule has 1 fully saturated rings. The zero-order valence-electron chi connectivity index (χ0n) is 9.11. The summed E-state index contributed by atoms with van der Waals surface area (Å²) in [6, 6.07) is 11.6. The Labute approximate surface area is 86.7 Å². The molecule has 76 valence electrons. The number of hydrogen-bond donors (Lipinski definition) is 0. The van der Waals surface area contributed by atoms with Crippen molar-refractivity contribution in [3.63, 3.8) is 0 Å². The van der Waals surface area contributed by atoms with E-state index in [1.807, 2.05) is 0 Å². The molecule has 0 saturated carbocycles. The van der Waals surface area contributed by atoms with E-state index in [1.54, 1.807) is 0 Å². The van der Waals surface area contributed by atoms with E-state index in [-0.39, 0.29) is 0 Å². The van der Waals surface area contributed by atoms with Gasteiger partial charge in [-0.3, -0.25) is 0 Å². The van der Waals surface area contributed by atoms with Crippen LogP contribution < -0.4 is 0 Å². The van der Waals surface area contributed by atoms with Crippen LogP contribution in [0.3, 0.4) is 0 Å². The van der Waals surface area contributed by atoms with Gasteiger partial charge in [0.25, 0.3) is 0 Å². The highest BCUT2D eigenvalue weighted by molar-refractivity contribution is 5.15. The maximum absolute atomic E-state index is 2.47. The van der Waals surface area contributed by atoms with Crippen LogP contribution in [0, 0.1) is 5.92 Å². The van der Waals surface area contributed by atoms with Gasteiger partial charge in [-0.1, -0.05) is 30.3 Å². The van der Waals surface area contributed by atoms with Crippen LogP contribution in [0.1, 0.15) is 18.9 Å². The number of rotatable bonds is 2. The van der Waals surface area contributed by atoms with Crippen LogP contribution in [0.25, 0.3) is 0 Å². The molecule has 0 amide bonds. The summed E-state index contributed by atoms with van der Waals surface area (Å²) in [4.78, 5) is 2.47. The fraction of sp³-hybridized carbons (Fsp3) is 0.538. The van der Waals surface area contributed by atoms with Crippen molar-refractivity contribution in [3.05, 3.63) is 35.9 Å². The Bertz CT molecular complexity index is 271. The van der Waals surface area contributed by atoms with Crippen molar-refractivity contribution in [1.82, 2.24) is 4.90 Å². The average molecular weight is 189 g/mol. The molecule has 0 aliphatic carbocycles. The number of benzene rings is 1. The summed E-state index contributed by atoms with van der Waals surface area (Å²) in [6.45, 7) is 3.58. The Balaban J connectivity index is 1.94. The van der Waals surface area contributed by atoms with E-state index in [2.05, 4.69) is 49.2 Å². The van der Waals surface area contributed by atoms with Gasteiger partial charge in [0.15, 0.2) is 0 Å². The lowest BCUT2D eigenvalue weighted by Gasteiger charge is -2.12. The van der Waals surface area contributed by atoms with E-state index in [0.29, 0.717) is 0 Å². The van der Waals surface area contributed by atoms with Gasteiger partial charge in [-0.25, -0.2) is 0 Å². The van der Waals surface area contributed by atoms with Crippen LogP contribution >= 0.6 is 0 Å². The van der Waals surface area contributed by atoms with E-state index in [1.165, 1.54) is 24.9 Å². The first-order valence-corrected chi connectivity index (χ1v) is 5.50. The highest BCUT2D eigenvalue weighted by atomic mass is 15.1. The summed E-state index contributed by atoms with van der Waals surface area (Å²) in [6.07, 6.45) is 2.60. The molecule has 0 aromatic heterocycles. The summed E-state index contributed by atoms with van der Waals surface area (Å²) < 4.78 is 0. The van der Waals surface area contributed by atoms with E-state index >= 15 is 0 Å². The summed E-state index contributed by atoms with van der Waals surface area (Å²) >= 11 is 0. The first-order valence-electron chi connectivity index (χ1n) is 5.50. The molecule has 0 radical (unpaired) electrons. The van der Waals surface area contributed by atoms with Crippen LogP contribution in [0.15, 0.2) is 30.3 Å². The topological polar surface area (TPSA) is 3.24 Å². The zero-order chi connectivity index (χ0) is 9.97. The zero-order valence-corrected chi connectivity index (χ0v) is 9.11. The Morgan fingerprint density at radius 2 is 2.00 bits per heavy atom. The molecular formula is C13H19N. The maximum atomic E-state index is 2.47. The third-order valence-corrected chi connectivity index (χ3v) is 3.34. The first kappa shape index (κ1) is 9.72.